The number of aromatic nitrogens is 3. The zero-order chi connectivity index (χ0) is 35.5. The molecule has 3 heteroatoms. The summed E-state index contributed by atoms with van der Waals surface area (Å²) in [5.74, 6) is 0. The van der Waals surface area contributed by atoms with E-state index in [9.17, 15) is 0 Å². The van der Waals surface area contributed by atoms with Gasteiger partial charge in [0.15, 0.2) is 0 Å². The molecule has 0 unspecified atom stereocenters. The molecule has 14 aromatic rings. The van der Waals surface area contributed by atoms with Crippen LogP contribution in [-0.2, 0) is 0 Å². The van der Waals surface area contributed by atoms with Crippen LogP contribution in [0.3, 0.4) is 0 Å². The van der Waals surface area contributed by atoms with Gasteiger partial charge in [0, 0.05) is 70.5 Å². The maximum absolute atomic E-state index is 2.57. The Morgan fingerprint density at radius 3 is 1.58 bits per heavy atom. The fourth-order valence-electron chi connectivity index (χ4n) is 10.6. The van der Waals surface area contributed by atoms with Crippen molar-refractivity contribution in [3.8, 4) is 16.8 Å². The highest BCUT2D eigenvalue weighted by Crippen LogP contribution is 2.49. The van der Waals surface area contributed by atoms with E-state index in [1.807, 2.05) is 0 Å². The van der Waals surface area contributed by atoms with Gasteiger partial charge in [-0.2, -0.15) is 0 Å². The number of nitrogens with zero attached hydrogens (tertiary/aromatic N) is 3. The number of rotatable bonds is 2. The van der Waals surface area contributed by atoms with Crippen LogP contribution < -0.4 is 0 Å². The standard InChI is InChI=1S/C52H29N3/c1-2-12-32(13-3-1)53-43-22-7-6-15-35(43)42-29-31(24-26-44(42)53)34-16-8-17-36-37-18-9-20-40-47-46(55(50(34)36)51(37)40)28-27-45-48(47)41-21-10-19-38-39-25-23-30-11-4-5-14-33(30)49(39)54(45)52(38)41/h1-29H. The van der Waals surface area contributed by atoms with Crippen molar-refractivity contribution in [2.45, 2.75) is 0 Å². The Balaban J connectivity index is 1.12. The van der Waals surface area contributed by atoms with E-state index >= 15 is 0 Å². The molecule has 0 aliphatic rings. The van der Waals surface area contributed by atoms with E-state index < -0.39 is 0 Å². The van der Waals surface area contributed by atoms with Crippen molar-refractivity contribution >= 4 is 109 Å². The van der Waals surface area contributed by atoms with Gasteiger partial charge in [0.25, 0.3) is 0 Å². The first-order valence-corrected chi connectivity index (χ1v) is 19.1. The van der Waals surface area contributed by atoms with Crippen molar-refractivity contribution < 1.29 is 0 Å². The van der Waals surface area contributed by atoms with Crippen LogP contribution in [0.2, 0.25) is 0 Å². The Bertz CT molecular complexity index is 3930. The Hall–Kier alpha value is -7.36. The van der Waals surface area contributed by atoms with Crippen molar-refractivity contribution in [3.63, 3.8) is 0 Å². The molecule has 0 spiro atoms. The lowest BCUT2D eigenvalue weighted by Gasteiger charge is -2.09. The summed E-state index contributed by atoms with van der Waals surface area (Å²) < 4.78 is 7.52. The van der Waals surface area contributed by atoms with Crippen LogP contribution in [0.1, 0.15) is 0 Å². The highest BCUT2D eigenvalue weighted by molar-refractivity contribution is 6.36. The Morgan fingerprint density at radius 1 is 0.291 bits per heavy atom. The van der Waals surface area contributed by atoms with Crippen molar-refractivity contribution in [3.05, 3.63) is 176 Å². The first kappa shape index (κ1) is 28.2. The first-order valence-electron chi connectivity index (χ1n) is 19.1. The summed E-state index contributed by atoms with van der Waals surface area (Å²) >= 11 is 0. The summed E-state index contributed by atoms with van der Waals surface area (Å²) in [6.45, 7) is 0. The summed E-state index contributed by atoms with van der Waals surface area (Å²) in [5.41, 5.74) is 13.8. The van der Waals surface area contributed by atoms with Gasteiger partial charge in [-0.15, -0.1) is 0 Å². The highest BCUT2D eigenvalue weighted by atomic mass is 15.0. The Labute approximate surface area is 313 Å². The molecule has 0 amide bonds. The zero-order valence-electron chi connectivity index (χ0n) is 29.6. The fraction of sp³-hybridized carbons (Fsp3) is 0. The topological polar surface area (TPSA) is 13.8 Å². The molecule has 14 rings (SSSR count). The molecule has 0 saturated carbocycles. The summed E-state index contributed by atoms with van der Waals surface area (Å²) in [4.78, 5) is 0. The maximum Gasteiger partial charge on any atom is 0.0621 e. The van der Waals surface area contributed by atoms with Gasteiger partial charge < -0.3 is 13.4 Å². The van der Waals surface area contributed by atoms with Gasteiger partial charge in [-0.3, -0.25) is 0 Å². The molecule has 0 atom stereocenters. The molecule has 0 aliphatic carbocycles. The van der Waals surface area contributed by atoms with Crippen LogP contribution >= 0.6 is 0 Å². The average molecular weight is 696 g/mol. The van der Waals surface area contributed by atoms with E-state index in [1.54, 1.807) is 0 Å². The van der Waals surface area contributed by atoms with Gasteiger partial charge >= 0.3 is 0 Å². The van der Waals surface area contributed by atoms with Crippen LogP contribution in [0, 0.1) is 0 Å². The number of fused-ring (bicyclic) bond motifs is 18. The van der Waals surface area contributed by atoms with E-state index in [0.717, 1.165) is 0 Å². The molecule has 3 nitrogen and oxygen atoms in total. The van der Waals surface area contributed by atoms with Gasteiger partial charge in [-0.25, -0.2) is 0 Å². The molecular formula is C52H29N3. The smallest absolute Gasteiger partial charge is 0.0621 e. The molecule has 0 aliphatic heterocycles. The van der Waals surface area contributed by atoms with Crippen molar-refractivity contribution in [1.82, 2.24) is 13.4 Å². The second-order valence-electron chi connectivity index (χ2n) is 15.2. The number of hydrogen-bond donors (Lipinski definition) is 0. The zero-order valence-corrected chi connectivity index (χ0v) is 29.6. The molecule has 5 aromatic heterocycles. The predicted molar refractivity (Wildman–Crippen MR) is 233 cm³/mol. The van der Waals surface area contributed by atoms with Gasteiger partial charge in [-0.1, -0.05) is 133 Å². The maximum atomic E-state index is 2.57. The first-order chi connectivity index (χ1) is 27.3. The number of hydrogen-bond acceptors (Lipinski definition) is 0. The second-order valence-corrected chi connectivity index (χ2v) is 15.2. The van der Waals surface area contributed by atoms with Crippen LogP contribution in [0.15, 0.2) is 176 Å². The van der Waals surface area contributed by atoms with Crippen LogP contribution in [0.5, 0.6) is 0 Å². The van der Waals surface area contributed by atoms with Gasteiger partial charge in [0.2, 0.25) is 0 Å². The second kappa shape index (κ2) is 9.79. The normalized spacial score (nSPS) is 12.7. The van der Waals surface area contributed by atoms with E-state index in [-0.39, 0.29) is 0 Å². The minimum Gasteiger partial charge on any atom is -0.309 e. The monoisotopic (exact) mass is 695 g/mol. The van der Waals surface area contributed by atoms with Crippen LogP contribution in [0.25, 0.3) is 126 Å². The van der Waals surface area contributed by atoms with Gasteiger partial charge in [0.1, 0.15) is 0 Å². The molecule has 0 radical (unpaired) electrons. The van der Waals surface area contributed by atoms with E-state index in [0.29, 0.717) is 0 Å². The van der Waals surface area contributed by atoms with Crippen molar-refractivity contribution in [1.29, 1.82) is 0 Å². The quantitative estimate of drug-likeness (QED) is 0.171. The van der Waals surface area contributed by atoms with E-state index in [1.165, 1.54) is 126 Å². The predicted octanol–water partition coefficient (Wildman–Crippen LogP) is 13.9. The largest absolute Gasteiger partial charge is 0.309 e. The van der Waals surface area contributed by atoms with Gasteiger partial charge in [0.05, 0.1) is 44.1 Å². The fourth-order valence-corrected chi connectivity index (χ4v) is 10.6. The molecule has 0 fully saturated rings. The van der Waals surface area contributed by atoms with Crippen LogP contribution in [-0.4, -0.2) is 13.4 Å². The van der Waals surface area contributed by atoms with E-state index in [2.05, 4.69) is 189 Å². The summed E-state index contributed by atoms with van der Waals surface area (Å²) in [7, 11) is 0. The lowest BCUT2D eigenvalue weighted by atomic mass is 9.98. The summed E-state index contributed by atoms with van der Waals surface area (Å²) in [6.07, 6.45) is 0. The van der Waals surface area contributed by atoms with E-state index in [4.69, 9.17) is 0 Å². The molecule has 252 valence electrons. The third-order valence-electron chi connectivity index (χ3n) is 12.7. The molecule has 9 aromatic carbocycles. The lowest BCUT2D eigenvalue weighted by Crippen LogP contribution is -1.93. The Kier molecular flexibility index (Phi) is 5.01. The van der Waals surface area contributed by atoms with Gasteiger partial charge in [-0.05, 0) is 53.4 Å². The molecule has 0 bridgehead atoms. The summed E-state index contributed by atoms with van der Waals surface area (Å²) in [6, 6.07) is 65.4. The molecule has 5 heterocycles. The third-order valence-corrected chi connectivity index (χ3v) is 12.7. The highest BCUT2D eigenvalue weighted by Gasteiger charge is 2.25. The number of benzene rings is 9. The molecule has 55 heavy (non-hydrogen) atoms. The van der Waals surface area contributed by atoms with Crippen molar-refractivity contribution in [2.75, 3.05) is 0 Å². The third kappa shape index (κ3) is 3.31. The van der Waals surface area contributed by atoms with Crippen molar-refractivity contribution in [2.24, 2.45) is 0 Å². The molecule has 0 saturated heterocycles. The SMILES string of the molecule is c1ccc(-n2c3ccccc3c3cc(-c4cccc5c6cccc7c8c9c%10cccc%11c%12ccc%13ccccc%13c%12n(c9ccc8n(c45)c67)c%11%10)ccc32)cc1. The molecular weight excluding hydrogens is 667 g/mol. The lowest BCUT2D eigenvalue weighted by molar-refractivity contribution is 1.18. The molecule has 0 N–H and O–H groups in total. The average Bonchev–Trinajstić information content (AvgIpc) is 4.04. The number of para-hydroxylation sites is 5. The summed E-state index contributed by atoms with van der Waals surface area (Å²) in [5, 5.41) is 15.6. The van der Waals surface area contributed by atoms with Crippen LogP contribution in [0.4, 0.5) is 0 Å². The minimum atomic E-state index is 1.18. The Morgan fingerprint density at radius 2 is 0.818 bits per heavy atom. The minimum absolute atomic E-state index is 1.18.